The van der Waals surface area contributed by atoms with Crippen molar-refractivity contribution in [3.05, 3.63) is 23.8 Å². The number of phosphoric ester groups is 1. The number of para-hydroxylation sites is 1. The molecule has 136 valence electrons. The highest BCUT2D eigenvalue weighted by Crippen LogP contribution is 2.35. The predicted molar refractivity (Wildman–Crippen MR) is 88.7 cm³/mol. The molecule has 1 atom stereocenters. The fourth-order valence-electron chi connectivity index (χ4n) is 2.12. The first kappa shape index (κ1) is 20.4. The molecule has 1 aromatic rings. The lowest BCUT2D eigenvalue weighted by atomic mass is 10.1. The number of phosphoric acid groups is 1. The quantitative estimate of drug-likeness (QED) is 0.0978. The van der Waals surface area contributed by atoms with Crippen molar-refractivity contribution >= 4 is 25.1 Å². The number of hydrogen-bond acceptors (Lipinski definition) is 7. The molecule has 1 unspecified atom stereocenters. The normalized spacial score (nSPS) is 12.8. The number of methoxy groups -OCH3 is 1. The fourth-order valence-corrected chi connectivity index (χ4v) is 2.49. The molecule has 0 aliphatic heterocycles. The number of hydrogen-bond donors (Lipinski definition) is 5. The van der Waals surface area contributed by atoms with Crippen molar-refractivity contribution in [2.45, 2.75) is 25.5 Å². The zero-order valence-corrected chi connectivity index (χ0v) is 14.2. The number of ether oxygens (including phenoxy) is 1. The van der Waals surface area contributed by atoms with Gasteiger partial charge in [0.2, 0.25) is 0 Å². The van der Waals surface area contributed by atoms with E-state index in [2.05, 4.69) is 4.52 Å². The van der Waals surface area contributed by atoms with E-state index in [1.54, 1.807) is 12.1 Å². The number of unbranched alkanes of at least 4 members (excludes halogenated alkanes) is 1. The van der Waals surface area contributed by atoms with Crippen LogP contribution in [0.4, 0.5) is 11.4 Å². The number of hydrazine groups is 1. The second-order valence-electron chi connectivity index (χ2n) is 5.02. The Balaban J connectivity index is 2.67. The van der Waals surface area contributed by atoms with Gasteiger partial charge < -0.3 is 26.0 Å². The van der Waals surface area contributed by atoms with Gasteiger partial charge in [0.15, 0.2) is 0 Å². The van der Waals surface area contributed by atoms with Gasteiger partial charge in [-0.3, -0.25) is 14.3 Å². The van der Waals surface area contributed by atoms with Gasteiger partial charge in [-0.25, -0.2) is 10.4 Å². The van der Waals surface area contributed by atoms with E-state index in [9.17, 15) is 9.36 Å². The summed E-state index contributed by atoms with van der Waals surface area (Å²) < 4.78 is 20.2. The van der Waals surface area contributed by atoms with E-state index in [-0.39, 0.29) is 17.9 Å². The highest BCUT2D eigenvalue weighted by Gasteiger charge is 2.20. The molecule has 0 radical (unpaired) electrons. The summed E-state index contributed by atoms with van der Waals surface area (Å²) in [7, 11) is -2.99. The molecule has 11 heteroatoms. The molecule has 8 N–H and O–H groups in total. The minimum atomic E-state index is -4.45. The Kier molecular flexibility index (Phi) is 7.61. The molecule has 1 amide bonds. The molecule has 0 saturated heterocycles. The van der Waals surface area contributed by atoms with Crippen molar-refractivity contribution in [2.75, 3.05) is 24.5 Å². The molecule has 1 rings (SSSR count). The summed E-state index contributed by atoms with van der Waals surface area (Å²) in [4.78, 5) is 28.5. The smallest absolute Gasteiger partial charge is 0.396 e. The van der Waals surface area contributed by atoms with E-state index in [1.807, 2.05) is 0 Å². The summed E-state index contributed by atoms with van der Waals surface area (Å²) in [6.07, 6.45) is 0.861. The maximum Gasteiger partial charge on any atom is 0.469 e. The van der Waals surface area contributed by atoms with Crippen molar-refractivity contribution in [1.29, 1.82) is 0 Å². The number of nitrogens with zero attached hydrogens (tertiary/aromatic N) is 1. The van der Waals surface area contributed by atoms with Crippen LogP contribution in [-0.2, 0) is 13.8 Å². The fraction of sp³-hybridized carbons (Fsp3) is 0.462. The van der Waals surface area contributed by atoms with Crippen LogP contribution < -0.4 is 22.3 Å². The number of benzene rings is 1. The molecular weight excluding hydrogens is 339 g/mol. The highest BCUT2D eigenvalue weighted by atomic mass is 31.2. The molecule has 1 aromatic carbocycles. The summed E-state index contributed by atoms with van der Waals surface area (Å²) in [5, 5.41) is 1.28. The monoisotopic (exact) mass is 362 g/mol. The zero-order valence-electron chi connectivity index (χ0n) is 13.3. The van der Waals surface area contributed by atoms with Gasteiger partial charge in [0.25, 0.3) is 5.91 Å². The predicted octanol–water partition coefficient (Wildman–Crippen LogP) is 0.300. The molecule has 0 aliphatic rings. The van der Waals surface area contributed by atoms with E-state index in [0.29, 0.717) is 24.9 Å². The maximum absolute atomic E-state index is 11.3. The number of amides is 1. The summed E-state index contributed by atoms with van der Waals surface area (Å²) in [6, 6.07) is 4.73. The third-order valence-corrected chi connectivity index (χ3v) is 3.83. The van der Waals surface area contributed by atoms with Crippen LogP contribution in [0.25, 0.3) is 0 Å². The van der Waals surface area contributed by atoms with Gasteiger partial charge in [-0.15, -0.1) is 0 Å². The number of primary amides is 1. The van der Waals surface area contributed by atoms with E-state index in [1.165, 1.54) is 18.2 Å². The number of carbonyl (C=O) groups excluding carboxylic acids is 1. The largest absolute Gasteiger partial charge is 0.469 e. The first-order valence-corrected chi connectivity index (χ1v) is 8.65. The van der Waals surface area contributed by atoms with Crippen LogP contribution in [0.2, 0.25) is 0 Å². The molecule has 0 aliphatic carbocycles. The average molecular weight is 362 g/mol. The van der Waals surface area contributed by atoms with Crippen LogP contribution in [0.5, 0.6) is 0 Å². The Hall–Kier alpha value is -1.68. The molecule has 0 aromatic heterocycles. The molecule has 10 nitrogen and oxygen atoms in total. The zero-order chi connectivity index (χ0) is 18.3. The highest BCUT2D eigenvalue weighted by molar-refractivity contribution is 7.46. The molecule has 0 heterocycles. The summed E-state index contributed by atoms with van der Waals surface area (Å²) in [5.74, 6) is 5.36. The molecule has 24 heavy (non-hydrogen) atoms. The number of rotatable bonds is 10. The minimum Gasteiger partial charge on any atom is -0.396 e. The number of nitrogens with two attached hydrogens (primary N) is 3. The number of nitrogen functional groups attached to an aromatic ring is 1. The standard InChI is InChI=1S/C13H23N4O6P/c1-22-11(7-2-3-8-23-24(19,20)21)17(16)10-6-4-5-9(12(10)14)13(15)18/h4-6,11H,2-3,7-8,14,16H2,1H3,(H2,15,18)(H2,19,20,21). The second-order valence-corrected chi connectivity index (χ2v) is 6.26. The number of anilines is 2. The van der Waals surface area contributed by atoms with Crippen LogP contribution in [-0.4, -0.2) is 35.6 Å². The Morgan fingerprint density at radius 3 is 2.58 bits per heavy atom. The Bertz CT molecular complexity index is 608. The van der Waals surface area contributed by atoms with Crippen molar-refractivity contribution in [3.63, 3.8) is 0 Å². The third-order valence-electron chi connectivity index (χ3n) is 3.31. The molecule has 0 fully saturated rings. The van der Waals surface area contributed by atoms with Crippen molar-refractivity contribution in [3.8, 4) is 0 Å². The van der Waals surface area contributed by atoms with Crippen molar-refractivity contribution in [1.82, 2.24) is 0 Å². The maximum atomic E-state index is 11.3. The van der Waals surface area contributed by atoms with Gasteiger partial charge in [-0.2, -0.15) is 0 Å². The summed E-state index contributed by atoms with van der Waals surface area (Å²) >= 11 is 0. The SMILES string of the molecule is COC(CCCCOP(=O)(O)O)N(N)c1cccc(C(N)=O)c1N. The van der Waals surface area contributed by atoms with E-state index < -0.39 is 20.0 Å². The van der Waals surface area contributed by atoms with E-state index in [4.69, 9.17) is 31.8 Å². The topological polar surface area (TPSA) is 174 Å². The first-order valence-electron chi connectivity index (χ1n) is 7.12. The van der Waals surface area contributed by atoms with Crippen LogP contribution in [0.3, 0.4) is 0 Å². The van der Waals surface area contributed by atoms with Gasteiger partial charge in [-0.1, -0.05) is 6.07 Å². The van der Waals surface area contributed by atoms with Crippen LogP contribution in [0.15, 0.2) is 18.2 Å². The molecule has 0 saturated carbocycles. The summed E-state index contributed by atoms with van der Waals surface area (Å²) in [5.41, 5.74) is 11.9. The Morgan fingerprint density at radius 1 is 1.38 bits per heavy atom. The van der Waals surface area contributed by atoms with Gasteiger partial charge in [0, 0.05) is 7.11 Å². The van der Waals surface area contributed by atoms with Crippen LogP contribution >= 0.6 is 7.82 Å². The first-order chi connectivity index (χ1) is 11.2. The minimum absolute atomic E-state index is 0.0788. The Morgan fingerprint density at radius 2 is 2.04 bits per heavy atom. The van der Waals surface area contributed by atoms with E-state index >= 15 is 0 Å². The van der Waals surface area contributed by atoms with Gasteiger partial charge in [0.1, 0.15) is 6.23 Å². The lowest BCUT2D eigenvalue weighted by Crippen LogP contribution is -2.43. The summed E-state index contributed by atoms with van der Waals surface area (Å²) in [6.45, 7) is -0.0788. The third kappa shape index (κ3) is 6.08. The lowest BCUT2D eigenvalue weighted by Gasteiger charge is -2.29. The average Bonchev–Trinajstić information content (AvgIpc) is 2.49. The van der Waals surface area contributed by atoms with Gasteiger partial charge in [0.05, 0.1) is 23.5 Å². The van der Waals surface area contributed by atoms with Crippen LogP contribution in [0, 0.1) is 0 Å². The van der Waals surface area contributed by atoms with E-state index in [0.717, 1.165) is 0 Å². The molecule has 0 bridgehead atoms. The molecular formula is C13H23N4O6P. The Labute approximate surface area is 139 Å². The number of carbonyl (C=O) groups is 1. The lowest BCUT2D eigenvalue weighted by molar-refractivity contribution is 0.0874. The molecule has 0 spiro atoms. The van der Waals surface area contributed by atoms with Crippen molar-refractivity contribution in [2.24, 2.45) is 11.6 Å². The van der Waals surface area contributed by atoms with Gasteiger partial charge in [-0.05, 0) is 31.4 Å². The van der Waals surface area contributed by atoms with Crippen molar-refractivity contribution < 1.29 is 28.4 Å². The second kappa shape index (κ2) is 8.97. The van der Waals surface area contributed by atoms with Crippen LogP contribution in [0.1, 0.15) is 29.6 Å². The van der Waals surface area contributed by atoms with Gasteiger partial charge >= 0.3 is 7.82 Å².